The van der Waals surface area contributed by atoms with Crippen LogP contribution in [0.25, 0.3) is 0 Å². The standard InChI is InChI=1S/C17H18N2OS/c1-11-5-12(2)7-13(6-11)9-18-14-3-4-16-15(8-14)19-17(20)10-21-16/h3-8,18H,9-10H2,1-2H3,(H,19,20). The van der Waals surface area contributed by atoms with Gasteiger partial charge in [0.05, 0.1) is 11.4 Å². The van der Waals surface area contributed by atoms with Gasteiger partial charge in [0.2, 0.25) is 5.91 Å². The number of hydrogen-bond donors (Lipinski definition) is 2. The lowest BCUT2D eigenvalue weighted by molar-refractivity contribution is -0.113. The molecule has 2 aromatic rings. The molecule has 1 aliphatic rings. The molecular weight excluding hydrogens is 280 g/mol. The van der Waals surface area contributed by atoms with E-state index < -0.39 is 0 Å². The first-order valence-electron chi connectivity index (χ1n) is 6.98. The average molecular weight is 298 g/mol. The number of nitrogens with one attached hydrogen (secondary N) is 2. The smallest absolute Gasteiger partial charge is 0.234 e. The van der Waals surface area contributed by atoms with Gasteiger partial charge in [-0.3, -0.25) is 4.79 Å². The Bertz CT molecular complexity index is 677. The minimum absolute atomic E-state index is 0.0685. The number of fused-ring (bicyclic) bond motifs is 1. The molecule has 0 saturated carbocycles. The SMILES string of the molecule is Cc1cc(C)cc(CNc2ccc3c(c2)NC(=O)CS3)c1. The van der Waals surface area contributed by atoms with E-state index in [0.717, 1.165) is 22.8 Å². The summed E-state index contributed by atoms with van der Waals surface area (Å²) < 4.78 is 0. The van der Waals surface area contributed by atoms with Gasteiger partial charge in [-0.05, 0) is 37.6 Å². The number of rotatable bonds is 3. The number of amides is 1. The summed E-state index contributed by atoms with van der Waals surface area (Å²) in [5.74, 6) is 0.571. The Hall–Kier alpha value is -1.94. The fraction of sp³-hybridized carbons (Fsp3) is 0.235. The molecule has 21 heavy (non-hydrogen) atoms. The molecule has 2 aromatic carbocycles. The summed E-state index contributed by atoms with van der Waals surface area (Å²) in [5.41, 5.74) is 5.75. The monoisotopic (exact) mass is 298 g/mol. The molecule has 4 heteroatoms. The zero-order valence-corrected chi connectivity index (χ0v) is 13.0. The Labute approximate surface area is 129 Å². The van der Waals surface area contributed by atoms with Gasteiger partial charge in [-0.1, -0.05) is 29.3 Å². The Morgan fingerprint density at radius 1 is 1.14 bits per heavy atom. The third kappa shape index (κ3) is 3.39. The van der Waals surface area contributed by atoms with Crippen LogP contribution >= 0.6 is 11.8 Å². The van der Waals surface area contributed by atoms with E-state index in [2.05, 4.69) is 54.8 Å². The quantitative estimate of drug-likeness (QED) is 0.901. The second-order valence-electron chi connectivity index (χ2n) is 5.40. The van der Waals surface area contributed by atoms with Crippen LogP contribution in [-0.4, -0.2) is 11.7 Å². The summed E-state index contributed by atoms with van der Waals surface area (Å²) in [6.45, 7) is 5.01. The Balaban J connectivity index is 1.73. The third-order valence-corrected chi connectivity index (χ3v) is 4.46. The minimum atomic E-state index is 0.0685. The number of anilines is 2. The number of carbonyl (C=O) groups is 1. The van der Waals surface area contributed by atoms with Crippen LogP contribution in [0.5, 0.6) is 0 Å². The van der Waals surface area contributed by atoms with Crippen molar-refractivity contribution in [3.8, 4) is 0 Å². The van der Waals surface area contributed by atoms with E-state index in [4.69, 9.17) is 0 Å². The minimum Gasteiger partial charge on any atom is -0.381 e. The lowest BCUT2D eigenvalue weighted by Crippen LogP contribution is -2.18. The fourth-order valence-electron chi connectivity index (χ4n) is 2.57. The summed E-state index contributed by atoms with van der Waals surface area (Å²) in [6, 6.07) is 12.7. The van der Waals surface area contributed by atoms with Crippen LogP contribution in [0, 0.1) is 13.8 Å². The molecule has 108 valence electrons. The van der Waals surface area contributed by atoms with Crippen LogP contribution in [0.3, 0.4) is 0 Å². The number of carbonyl (C=O) groups excluding carboxylic acids is 1. The van der Waals surface area contributed by atoms with Gasteiger partial charge in [-0.15, -0.1) is 11.8 Å². The Morgan fingerprint density at radius 2 is 1.90 bits per heavy atom. The molecule has 3 nitrogen and oxygen atoms in total. The molecule has 0 radical (unpaired) electrons. The lowest BCUT2D eigenvalue weighted by atomic mass is 10.1. The maximum absolute atomic E-state index is 11.4. The molecule has 0 bridgehead atoms. The summed E-state index contributed by atoms with van der Waals surface area (Å²) >= 11 is 1.58. The Kier molecular flexibility index (Phi) is 3.88. The molecule has 0 fully saturated rings. The van der Waals surface area contributed by atoms with Crippen molar-refractivity contribution in [2.24, 2.45) is 0 Å². The Morgan fingerprint density at radius 3 is 2.67 bits per heavy atom. The van der Waals surface area contributed by atoms with Gasteiger partial charge in [0.15, 0.2) is 0 Å². The molecule has 0 atom stereocenters. The topological polar surface area (TPSA) is 41.1 Å². The van der Waals surface area contributed by atoms with E-state index in [-0.39, 0.29) is 5.91 Å². The maximum Gasteiger partial charge on any atom is 0.234 e. The zero-order valence-electron chi connectivity index (χ0n) is 12.2. The van der Waals surface area contributed by atoms with Crippen molar-refractivity contribution in [2.45, 2.75) is 25.3 Å². The van der Waals surface area contributed by atoms with Gasteiger partial charge in [0.25, 0.3) is 0 Å². The molecule has 0 unspecified atom stereocenters. The van der Waals surface area contributed by atoms with Gasteiger partial charge < -0.3 is 10.6 Å². The van der Waals surface area contributed by atoms with Crippen LogP contribution in [0.1, 0.15) is 16.7 Å². The molecule has 1 aliphatic heterocycles. The highest BCUT2D eigenvalue weighted by Gasteiger charge is 2.15. The van der Waals surface area contributed by atoms with Gasteiger partial charge >= 0.3 is 0 Å². The molecule has 1 heterocycles. The van der Waals surface area contributed by atoms with E-state index in [1.807, 2.05) is 6.07 Å². The van der Waals surface area contributed by atoms with Gasteiger partial charge in [-0.2, -0.15) is 0 Å². The molecule has 0 aromatic heterocycles. The van der Waals surface area contributed by atoms with Crippen molar-refractivity contribution in [1.82, 2.24) is 0 Å². The molecule has 1 amide bonds. The van der Waals surface area contributed by atoms with E-state index in [1.54, 1.807) is 11.8 Å². The molecular formula is C17H18N2OS. The first-order chi connectivity index (χ1) is 10.1. The predicted octanol–water partition coefficient (Wildman–Crippen LogP) is 3.96. The van der Waals surface area contributed by atoms with Crippen molar-refractivity contribution in [3.63, 3.8) is 0 Å². The van der Waals surface area contributed by atoms with Gasteiger partial charge in [0.1, 0.15) is 0 Å². The molecule has 0 saturated heterocycles. The van der Waals surface area contributed by atoms with Crippen molar-refractivity contribution in [2.75, 3.05) is 16.4 Å². The number of thioether (sulfide) groups is 1. The third-order valence-electron chi connectivity index (χ3n) is 3.39. The van der Waals surface area contributed by atoms with Gasteiger partial charge in [0, 0.05) is 17.1 Å². The largest absolute Gasteiger partial charge is 0.381 e. The van der Waals surface area contributed by atoms with E-state index in [9.17, 15) is 4.79 Å². The molecule has 0 spiro atoms. The lowest BCUT2D eigenvalue weighted by Gasteiger charge is -2.17. The molecule has 0 aliphatic carbocycles. The second-order valence-corrected chi connectivity index (χ2v) is 6.41. The average Bonchev–Trinajstić information content (AvgIpc) is 2.43. The van der Waals surface area contributed by atoms with E-state index in [0.29, 0.717) is 5.75 Å². The van der Waals surface area contributed by atoms with Crippen LogP contribution in [0.2, 0.25) is 0 Å². The van der Waals surface area contributed by atoms with Crippen molar-refractivity contribution in [1.29, 1.82) is 0 Å². The predicted molar refractivity (Wildman–Crippen MR) is 89.0 cm³/mol. The normalized spacial score (nSPS) is 13.5. The number of hydrogen-bond acceptors (Lipinski definition) is 3. The molecule has 2 N–H and O–H groups in total. The summed E-state index contributed by atoms with van der Waals surface area (Å²) in [4.78, 5) is 12.6. The van der Waals surface area contributed by atoms with Crippen LogP contribution in [0.4, 0.5) is 11.4 Å². The maximum atomic E-state index is 11.4. The van der Waals surface area contributed by atoms with E-state index >= 15 is 0 Å². The number of benzene rings is 2. The van der Waals surface area contributed by atoms with Crippen molar-refractivity contribution in [3.05, 3.63) is 53.1 Å². The summed E-state index contributed by atoms with van der Waals surface area (Å²) in [5, 5.41) is 6.34. The van der Waals surface area contributed by atoms with E-state index in [1.165, 1.54) is 16.7 Å². The summed E-state index contributed by atoms with van der Waals surface area (Å²) in [6.07, 6.45) is 0. The van der Waals surface area contributed by atoms with Crippen LogP contribution in [0.15, 0.2) is 41.3 Å². The van der Waals surface area contributed by atoms with Crippen LogP contribution in [-0.2, 0) is 11.3 Å². The van der Waals surface area contributed by atoms with Crippen molar-refractivity contribution >= 4 is 29.0 Å². The van der Waals surface area contributed by atoms with Crippen LogP contribution < -0.4 is 10.6 Å². The summed E-state index contributed by atoms with van der Waals surface area (Å²) in [7, 11) is 0. The second kappa shape index (κ2) is 5.82. The fourth-order valence-corrected chi connectivity index (χ4v) is 3.36. The zero-order chi connectivity index (χ0) is 14.8. The highest BCUT2D eigenvalue weighted by Crippen LogP contribution is 2.33. The highest BCUT2D eigenvalue weighted by atomic mass is 32.2. The molecule has 3 rings (SSSR count). The number of aryl methyl sites for hydroxylation is 2. The van der Waals surface area contributed by atoms with Crippen molar-refractivity contribution < 1.29 is 4.79 Å². The van der Waals surface area contributed by atoms with Gasteiger partial charge in [-0.25, -0.2) is 0 Å². The highest BCUT2D eigenvalue weighted by molar-refractivity contribution is 8.00. The first-order valence-corrected chi connectivity index (χ1v) is 7.96. The first kappa shape index (κ1) is 14.0.